The Balaban J connectivity index is 2.46. The zero-order valence-electron chi connectivity index (χ0n) is 8.23. The highest BCUT2D eigenvalue weighted by atomic mass is 32.1. The van der Waals surface area contributed by atoms with Gasteiger partial charge in [0.1, 0.15) is 5.75 Å². The van der Waals surface area contributed by atoms with E-state index in [1.54, 1.807) is 29.6 Å². The third-order valence-electron chi connectivity index (χ3n) is 2.18. The lowest BCUT2D eigenvalue weighted by Crippen LogP contribution is -2.00. The largest absolute Gasteiger partial charge is 0.507 e. The maximum Gasteiger partial charge on any atom is 0.197 e. The molecule has 0 aliphatic heterocycles. The van der Waals surface area contributed by atoms with Crippen LogP contribution in [-0.2, 0) is 0 Å². The van der Waals surface area contributed by atoms with Gasteiger partial charge in [-0.2, -0.15) is 11.3 Å². The van der Waals surface area contributed by atoms with E-state index in [1.807, 2.05) is 12.3 Å². The number of hydrogen-bond donors (Lipinski definition) is 1. The van der Waals surface area contributed by atoms with Crippen LogP contribution in [0.15, 0.2) is 35.0 Å². The number of carbonyl (C=O) groups is 1. The molecule has 0 aliphatic rings. The zero-order valence-corrected chi connectivity index (χ0v) is 9.04. The summed E-state index contributed by atoms with van der Waals surface area (Å²) in [5.74, 6) is -0.0887. The van der Waals surface area contributed by atoms with Crippen LogP contribution >= 0.6 is 11.3 Å². The van der Waals surface area contributed by atoms with E-state index in [9.17, 15) is 9.90 Å². The Morgan fingerprint density at radius 3 is 2.80 bits per heavy atom. The van der Waals surface area contributed by atoms with Crippen molar-refractivity contribution >= 4 is 17.1 Å². The van der Waals surface area contributed by atoms with Gasteiger partial charge < -0.3 is 5.11 Å². The van der Waals surface area contributed by atoms with E-state index in [0.29, 0.717) is 11.1 Å². The summed E-state index contributed by atoms with van der Waals surface area (Å²) < 4.78 is 0. The number of benzene rings is 1. The number of phenolic OH excluding ortho intramolecular Hbond substituents is 1. The van der Waals surface area contributed by atoms with Gasteiger partial charge in [-0.1, -0.05) is 11.6 Å². The van der Waals surface area contributed by atoms with E-state index in [-0.39, 0.29) is 11.5 Å². The first-order valence-corrected chi connectivity index (χ1v) is 5.49. The Morgan fingerprint density at radius 2 is 2.13 bits per heavy atom. The van der Waals surface area contributed by atoms with Crippen LogP contribution in [0, 0.1) is 6.92 Å². The lowest BCUT2D eigenvalue weighted by Gasteiger charge is -2.03. The van der Waals surface area contributed by atoms with Gasteiger partial charge in [0.2, 0.25) is 0 Å². The average molecular weight is 218 g/mol. The van der Waals surface area contributed by atoms with Crippen molar-refractivity contribution < 1.29 is 9.90 Å². The van der Waals surface area contributed by atoms with Crippen molar-refractivity contribution in [2.45, 2.75) is 6.92 Å². The Hall–Kier alpha value is -1.61. The van der Waals surface area contributed by atoms with Crippen LogP contribution in [0.2, 0.25) is 0 Å². The normalized spacial score (nSPS) is 10.2. The highest BCUT2D eigenvalue weighted by Gasteiger charge is 2.13. The quantitative estimate of drug-likeness (QED) is 0.787. The third-order valence-corrected chi connectivity index (χ3v) is 2.86. The van der Waals surface area contributed by atoms with Crippen molar-refractivity contribution in [3.63, 3.8) is 0 Å². The summed E-state index contributed by atoms with van der Waals surface area (Å²) in [6.07, 6.45) is 0. The smallest absolute Gasteiger partial charge is 0.197 e. The fourth-order valence-electron chi connectivity index (χ4n) is 1.38. The van der Waals surface area contributed by atoms with E-state index < -0.39 is 0 Å². The first-order chi connectivity index (χ1) is 7.18. The van der Waals surface area contributed by atoms with E-state index in [0.717, 1.165) is 5.56 Å². The fraction of sp³-hybridized carbons (Fsp3) is 0.0833. The second-order valence-corrected chi connectivity index (χ2v) is 4.14. The molecule has 0 saturated carbocycles. The van der Waals surface area contributed by atoms with Crippen molar-refractivity contribution in [3.8, 4) is 5.75 Å². The lowest BCUT2D eigenvalue weighted by atomic mass is 10.0. The predicted molar refractivity (Wildman–Crippen MR) is 60.6 cm³/mol. The van der Waals surface area contributed by atoms with Crippen molar-refractivity contribution in [1.29, 1.82) is 0 Å². The lowest BCUT2D eigenvalue weighted by molar-refractivity contribution is 0.103. The molecule has 1 aromatic heterocycles. The average Bonchev–Trinajstić information content (AvgIpc) is 2.74. The summed E-state index contributed by atoms with van der Waals surface area (Å²) >= 11 is 1.47. The first-order valence-electron chi connectivity index (χ1n) is 4.55. The molecular weight excluding hydrogens is 208 g/mol. The molecule has 76 valence electrons. The van der Waals surface area contributed by atoms with Gasteiger partial charge in [-0.3, -0.25) is 4.79 Å². The van der Waals surface area contributed by atoms with E-state index in [2.05, 4.69) is 0 Å². The Morgan fingerprint density at radius 1 is 1.33 bits per heavy atom. The van der Waals surface area contributed by atoms with Gasteiger partial charge in [0, 0.05) is 10.9 Å². The molecule has 3 heteroatoms. The minimum absolute atomic E-state index is 0.0387. The molecule has 0 unspecified atom stereocenters. The third kappa shape index (κ3) is 1.92. The summed E-state index contributed by atoms with van der Waals surface area (Å²) in [7, 11) is 0. The Labute approximate surface area is 91.8 Å². The number of aryl methyl sites for hydroxylation is 1. The molecule has 1 aromatic carbocycles. The molecule has 0 bridgehead atoms. The highest BCUT2D eigenvalue weighted by Crippen LogP contribution is 2.22. The molecule has 1 heterocycles. The summed E-state index contributed by atoms with van der Waals surface area (Å²) in [4.78, 5) is 11.9. The molecule has 0 fully saturated rings. The summed E-state index contributed by atoms with van der Waals surface area (Å²) in [5.41, 5.74) is 1.96. The van der Waals surface area contributed by atoms with Gasteiger partial charge in [-0.25, -0.2) is 0 Å². The van der Waals surface area contributed by atoms with Gasteiger partial charge in [0.15, 0.2) is 5.78 Å². The van der Waals surface area contributed by atoms with Gasteiger partial charge in [-0.15, -0.1) is 0 Å². The predicted octanol–water partition coefficient (Wildman–Crippen LogP) is 2.99. The van der Waals surface area contributed by atoms with Crippen LogP contribution in [-0.4, -0.2) is 10.9 Å². The van der Waals surface area contributed by atoms with E-state index in [4.69, 9.17) is 0 Å². The molecule has 0 aliphatic carbocycles. The topological polar surface area (TPSA) is 37.3 Å². The standard InChI is InChI=1S/C12H10O2S/c1-8-2-3-11(13)10(6-8)12(14)9-4-5-15-7-9/h2-7,13H,1H3. The van der Waals surface area contributed by atoms with Crippen LogP contribution in [0.25, 0.3) is 0 Å². The minimum atomic E-state index is -0.127. The number of thiophene rings is 1. The van der Waals surface area contributed by atoms with Crippen LogP contribution < -0.4 is 0 Å². The number of hydrogen-bond acceptors (Lipinski definition) is 3. The number of aromatic hydroxyl groups is 1. The molecule has 0 amide bonds. The minimum Gasteiger partial charge on any atom is -0.507 e. The van der Waals surface area contributed by atoms with Crippen LogP contribution in [0.1, 0.15) is 21.5 Å². The molecule has 2 rings (SSSR count). The van der Waals surface area contributed by atoms with Crippen molar-refractivity contribution in [3.05, 3.63) is 51.7 Å². The van der Waals surface area contributed by atoms with Crippen LogP contribution in [0.3, 0.4) is 0 Å². The monoisotopic (exact) mass is 218 g/mol. The SMILES string of the molecule is Cc1ccc(O)c(C(=O)c2ccsc2)c1. The van der Waals surface area contributed by atoms with Gasteiger partial charge in [-0.05, 0) is 30.5 Å². The van der Waals surface area contributed by atoms with Gasteiger partial charge in [0.25, 0.3) is 0 Å². The molecule has 0 spiro atoms. The highest BCUT2D eigenvalue weighted by molar-refractivity contribution is 7.08. The molecule has 2 aromatic rings. The fourth-order valence-corrected chi connectivity index (χ4v) is 2.02. The summed E-state index contributed by atoms with van der Waals surface area (Å²) in [5, 5.41) is 13.2. The summed E-state index contributed by atoms with van der Waals surface area (Å²) in [6, 6.07) is 6.79. The second kappa shape index (κ2) is 3.87. The Kier molecular flexibility index (Phi) is 2.56. The number of phenols is 1. The van der Waals surface area contributed by atoms with Crippen molar-refractivity contribution in [1.82, 2.24) is 0 Å². The van der Waals surface area contributed by atoms with Crippen LogP contribution in [0.4, 0.5) is 0 Å². The second-order valence-electron chi connectivity index (χ2n) is 3.36. The number of ketones is 1. The van der Waals surface area contributed by atoms with E-state index in [1.165, 1.54) is 11.3 Å². The van der Waals surface area contributed by atoms with Gasteiger partial charge in [0.05, 0.1) is 5.56 Å². The van der Waals surface area contributed by atoms with Crippen molar-refractivity contribution in [2.75, 3.05) is 0 Å². The molecule has 0 radical (unpaired) electrons. The van der Waals surface area contributed by atoms with E-state index >= 15 is 0 Å². The molecule has 15 heavy (non-hydrogen) atoms. The molecule has 1 N–H and O–H groups in total. The van der Waals surface area contributed by atoms with Crippen molar-refractivity contribution in [2.24, 2.45) is 0 Å². The van der Waals surface area contributed by atoms with Gasteiger partial charge >= 0.3 is 0 Å². The van der Waals surface area contributed by atoms with Crippen LogP contribution in [0.5, 0.6) is 5.75 Å². The maximum atomic E-state index is 11.9. The summed E-state index contributed by atoms with van der Waals surface area (Å²) in [6.45, 7) is 1.89. The number of rotatable bonds is 2. The Bertz CT molecular complexity index is 486. The molecular formula is C12H10O2S. The maximum absolute atomic E-state index is 11.9. The molecule has 0 atom stereocenters. The zero-order chi connectivity index (χ0) is 10.8. The number of carbonyl (C=O) groups excluding carboxylic acids is 1. The molecule has 0 saturated heterocycles. The molecule has 2 nitrogen and oxygen atoms in total. The first kappa shape index (κ1) is 9.93.